The molecule has 5 nitrogen and oxygen atoms in total. The van der Waals surface area contributed by atoms with Crippen LogP contribution in [0.15, 0.2) is 24.3 Å². The lowest BCUT2D eigenvalue weighted by atomic mass is 9.89. The molecule has 3 rings (SSSR count). The molecule has 2 fully saturated rings. The molecule has 1 aromatic carbocycles. The molecular weight excluding hydrogens is 297 g/mol. The Morgan fingerprint density at radius 3 is 2.61 bits per heavy atom. The lowest BCUT2D eigenvalue weighted by molar-refractivity contribution is -0.125. The minimum absolute atomic E-state index is 0.0901. The molecular formula is C17H22FN3O2. The molecule has 0 saturated carbocycles. The van der Waals surface area contributed by atoms with Gasteiger partial charge in [-0.3, -0.25) is 9.59 Å². The van der Waals surface area contributed by atoms with Gasteiger partial charge in [-0.1, -0.05) is 6.07 Å². The van der Waals surface area contributed by atoms with Crippen molar-refractivity contribution >= 4 is 17.5 Å². The standard InChI is InChI=1S/C17H22FN3O2/c18-12-2-1-3-13(9-12)21-17(23)10-19-16(22)8-11-6-14-4-5-15(7-11)20-14/h1-3,9,11,14-15,20H,4-8,10H2,(H,19,22)(H,21,23). The highest BCUT2D eigenvalue weighted by atomic mass is 19.1. The van der Waals surface area contributed by atoms with Gasteiger partial charge in [0.05, 0.1) is 6.54 Å². The zero-order chi connectivity index (χ0) is 16.2. The van der Waals surface area contributed by atoms with Crippen LogP contribution in [0.25, 0.3) is 0 Å². The van der Waals surface area contributed by atoms with Gasteiger partial charge >= 0.3 is 0 Å². The highest BCUT2D eigenvalue weighted by Crippen LogP contribution is 2.32. The Kier molecular flexibility index (Phi) is 4.91. The Morgan fingerprint density at radius 2 is 1.91 bits per heavy atom. The first-order valence-electron chi connectivity index (χ1n) is 8.16. The summed E-state index contributed by atoms with van der Waals surface area (Å²) in [6.07, 6.45) is 4.97. The first kappa shape index (κ1) is 15.9. The average Bonchev–Trinajstić information content (AvgIpc) is 2.84. The van der Waals surface area contributed by atoms with Gasteiger partial charge < -0.3 is 16.0 Å². The number of fused-ring (bicyclic) bond motifs is 2. The van der Waals surface area contributed by atoms with Gasteiger partial charge in [0.15, 0.2) is 0 Å². The van der Waals surface area contributed by atoms with E-state index >= 15 is 0 Å². The van der Waals surface area contributed by atoms with Gasteiger partial charge in [-0.15, -0.1) is 0 Å². The molecule has 0 aliphatic carbocycles. The van der Waals surface area contributed by atoms with Crippen LogP contribution in [0.2, 0.25) is 0 Å². The average molecular weight is 319 g/mol. The monoisotopic (exact) mass is 319 g/mol. The summed E-state index contributed by atoms with van der Waals surface area (Å²) in [7, 11) is 0. The minimum atomic E-state index is -0.410. The summed E-state index contributed by atoms with van der Waals surface area (Å²) >= 11 is 0. The Morgan fingerprint density at radius 1 is 1.17 bits per heavy atom. The van der Waals surface area contributed by atoms with E-state index in [9.17, 15) is 14.0 Å². The number of hydrogen-bond donors (Lipinski definition) is 3. The van der Waals surface area contributed by atoms with Crippen LogP contribution < -0.4 is 16.0 Å². The van der Waals surface area contributed by atoms with Crippen LogP contribution in [0.1, 0.15) is 32.1 Å². The van der Waals surface area contributed by atoms with Crippen molar-refractivity contribution in [2.45, 2.75) is 44.2 Å². The van der Waals surface area contributed by atoms with E-state index in [2.05, 4.69) is 16.0 Å². The molecule has 0 radical (unpaired) electrons. The van der Waals surface area contributed by atoms with E-state index in [-0.39, 0.29) is 18.4 Å². The Bertz CT molecular complexity index is 581. The molecule has 23 heavy (non-hydrogen) atoms. The fourth-order valence-corrected chi connectivity index (χ4v) is 3.63. The van der Waals surface area contributed by atoms with E-state index in [0.717, 1.165) is 12.8 Å². The molecule has 2 unspecified atom stereocenters. The second kappa shape index (κ2) is 7.08. The highest BCUT2D eigenvalue weighted by molar-refractivity contribution is 5.94. The van der Waals surface area contributed by atoms with Crippen molar-refractivity contribution in [3.63, 3.8) is 0 Å². The van der Waals surface area contributed by atoms with Crippen molar-refractivity contribution in [3.8, 4) is 0 Å². The molecule has 2 atom stereocenters. The van der Waals surface area contributed by atoms with Gasteiger partial charge in [0.1, 0.15) is 5.82 Å². The number of halogens is 1. The lowest BCUT2D eigenvalue weighted by Gasteiger charge is -2.28. The maximum atomic E-state index is 13.0. The van der Waals surface area contributed by atoms with Crippen molar-refractivity contribution in [3.05, 3.63) is 30.1 Å². The summed E-state index contributed by atoms with van der Waals surface area (Å²) < 4.78 is 13.0. The van der Waals surface area contributed by atoms with E-state index < -0.39 is 5.82 Å². The van der Waals surface area contributed by atoms with Crippen LogP contribution in [0, 0.1) is 11.7 Å². The molecule has 3 N–H and O–H groups in total. The molecule has 124 valence electrons. The van der Waals surface area contributed by atoms with Crippen molar-refractivity contribution in [1.82, 2.24) is 10.6 Å². The van der Waals surface area contributed by atoms with Gasteiger partial charge in [-0.25, -0.2) is 4.39 Å². The maximum absolute atomic E-state index is 13.0. The number of carbonyl (C=O) groups is 2. The molecule has 2 saturated heterocycles. The van der Waals surface area contributed by atoms with Crippen LogP contribution >= 0.6 is 0 Å². The number of carbonyl (C=O) groups excluding carboxylic acids is 2. The van der Waals surface area contributed by atoms with Crippen molar-refractivity contribution in [2.24, 2.45) is 5.92 Å². The lowest BCUT2D eigenvalue weighted by Crippen LogP contribution is -2.40. The number of amides is 2. The number of nitrogens with one attached hydrogen (secondary N) is 3. The zero-order valence-corrected chi connectivity index (χ0v) is 13.0. The number of hydrogen-bond acceptors (Lipinski definition) is 3. The van der Waals surface area contributed by atoms with Gasteiger partial charge in [0.25, 0.3) is 0 Å². The number of benzene rings is 1. The molecule has 2 bridgehead atoms. The third kappa shape index (κ3) is 4.51. The van der Waals surface area contributed by atoms with E-state index in [1.165, 1.54) is 31.0 Å². The fourth-order valence-electron chi connectivity index (χ4n) is 3.63. The summed E-state index contributed by atoms with van der Waals surface area (Å²) in [5, 5.41) is 8.76. The second-order valence-electron chi connectivity index (χ2n) is 6.51. The molecule has 2 amide bonds. The summed E-state index contributed by atoms with van der Waals surface area (Å²) in [6.45, 7) is -0.0901. The van der Waals surface area contributed by atoms with Gasteiger partial charge in [-0.2, -0.15) is 0 Å². The number of rotatable bonds is 5. The van der Waals surface area contributed by atoms with E-state index in [4.69, 9.17) is 0 Å². The summed E-state index contributed by atoms with van der Waals surface area (Å²) in [4.78, 5) is 23.8. The van der Waals surface area contributed by atoms with Crippen LogP contribution in [0.5, 0.6) is 0 Å². The zero-order valence-electron chi connectivity index (χ0n) is 13.0. The number of piperidine rings is 1. The first-order chi connectivity index (χ1) is 11.1. The first-order valence-corrected chi connectivity index (χ1v) is 8.16. The van der Waals surface area contributed by atoms with E-state index in [1.54, 1.807) is 6.07 Å². The molecule has 2 heterocycles. The third-order valence-corrected chi connectivity index (χ3v) is 4.60. The van der Waals surface area contributed by atoms with Crippen LogP contribution in [0.3, 0.4) is 0 Å². The van der Waals surface area contributed by atoms with E-state index in [0.29, 0.717) is 30.1 Å². The Balaban J connectivity index is 1.39. The predicted molar refractivity (Wildman–Crippen MR) is 85.3 cm³/mol. The summed E-state index contributed by atoms with van der Waals surface area (Å²) in [6, 6.07) is 6.79. The molecule has 0 spiro atoms. The molecule has 2 aliphatic rings. The molecule has 1 aromatic rings. The molecule has 6 heteroatoms. The smallest absolute Gasteiger partial charge is 0.243 e. The third-order valence-electron chi connectivity index (χ3n) is 4.60. The summed E-state index contributed by atoms with van der Waals surface area (Å²) in [5.41, 5.74) is 0.388. The SMILES string of the molecule is O=C(CC1CC2CCC(C1)N2)NCC(=O)Nc1cccc(F)c1. The summed E-state index contributed by atoms with van der Waals surface area (Å²) in [5.74, 6) is -0.451. The Labute approximate surface area is 135 Å². The van der Waals surface area contributed by atoms with Gasteiger partial charge in [0, 0.05) is 24.2 Å². The largest absolute Gasteiger partial charge is 0.347 e. The maximum Gasteiger partial charge on any atom is 0.243 e. The van der Waals surface area contributed by atoms with Crippen molar-refractivity contribution in [1.29, 1.82) is 0 Å². The van der Waals surface area contributed by atoms with E-state index in [1.807, 2.05) is 0 Å². The second-order valence-corrected chi connectivity index (χ2v) is 6.51. The van der Waals surface area contributed by atoms with Crippen LogP contribution in [0.4, 0.5) is 10.1 Å². The molecule has 2 aliphatic heterocycles. The highest BCUT2D eigenvalue weighted by Gasteiger charge is 2.34. The molecule has 0 aromatic heterocycles. The normalized spacial score (nSPS) is 25.9. The van der Waals surface area contributed by atoms with Crippen molar-refractivity contribution < 1.29 is 14.0 Å². The van der Waals surface area contributed by atoms with Gasteiger partial charge in [0.2, 0.25) is 11.8 Å². The topological polar surface area (TPSA) is 70.2 Å². The quantitative estimate of drug-likeness (QED) is 0.775. The fraction of sp³-hybridized carbons (Fsp3) is 0.529. The minimum Gasteiger partial charge on any atom is -0.347 e. The number of anilines is 1. The van der Waals surface area contributed by atoms with Gasteiger partial charge in [-0.05, 0) is 49.8 Å². The van der Waals surface area contributed by atoms with Crippen LogP contribution in [-0.2, 0) is 9.59 Å². The Hall–Kier alpha value is -1.95. The van der Waals surface area contributed by atoms with Crippen molar-refractivity contribution in [2.75, 3.05) is 11.9 Å². The predicted octanol–water partition coefficient (Wildman–Crippen LogP) is 1.80. The van der Waals surface area contributed by atoms with Crippen LogP contribution in [-0.4, -0.2) is 30.4 Å².